The van der Waals surface area contributed by atoms with Crippen molar-refractivity contribution in [3.63, 3.8) is 0 Å². The summed E-state index contributed by atoms with van der Waals surface area (Å²) in [5, 5.41) is 3.40. The Morgan fingerprint density at radius 2 is 2.12 bits per heavy atom. The Labute approximate surface area is 157 Å². The molecule has 0 unspecified atom stereocenters. The van der Waals surface area contributed by atoms with Gasteiger partial charge in [-0.2, -0.15) is 0 Å². The molecule has 0 radical (unpaired) electrons. The van der Waals surface area contributed by atoms with Crippen molar-refractivity contribution in [2.24, 2.45) is 5.92 Å². The van der Waals surface area contributed by atoms with Crippen LogP contribution in [0.15, 0.2) is 0 Å². The maximum Gasteiger partial charge on any atom is 0.229 e. The van der Waals surface area contributed by atoms with Gasteiger partial charge in [-0.25, -0.2) is 17.7 Å². The molecule has 9 heteroatoms. The minimum Gasteiger partial charge on any atom is -0.375 e. The van der Waals surface area contributed by atoms with E-state index in [9.17, 15) is 13.2 Å². The zero-order valence-corrected chi connectivity index (χ0v) is 16.2. The number of nitrogens with zero attached hydrogens (tertiary/aromatic N) is 2. The minimum absolute atomic E-state index is 0.0571. The molecule has 1 aromatic rings. The number of thiazole rings is 1. The van der Waals surface area contributed by atoms with E-state index in [2.05, 4.69) is 5.32 Å². The van der Waals surface area contributed by atoms with Gasteiger partial charge in [0.05, 0.1) is 34.4 Å². The number of amides is 1. The monoisotopic (exact) mass is 397 g/mol. The molecule has 1 saturated heterocycles. The number of carbonyl (C=O) groups is 1. The Morgan fingerprint density at radius 1 is 1.31 bits per heavy atom. The standard InChI is InChI=1S/C17H23N3O4S2/c21-15(11-2-1-3-11)19-16-18-14-13(25-16)8-24-10-17(14)6-7-20(9-17)26(22,23)12-4-5-12/h11-12H,1-10H2,(H,18,19,21)/t17-/m0/s1. The van der Waals surface area contributed by atoms with Crippen LogP contribution in [0.1, 0.15) is 49.1 Å². The summed E-state index contributed by atoms with van der Waals surface area (Å²) >= 11 is 1.47. The SMILES string of the molecule is O=C(Nc1nc2c(s1)COC[C@@]21CCN(S(=O)(=O)C2CC2)C1)C1CCC1. The maximum atomic E-state index is 12.6. The third-order valence-electron chi connectivity index (χ3n) is 6.14. The van der Waals surface area contributed by atoms with Gasteiger partial charge in [0.2, 0.25) is 15.9 Å². The number of aromatic nitrogens is 1. The van der Waals surface area contributed by atoms with E-state index in [1.165, 1.54) is 11.3 Å². The Kier molecular flexibility index (Phi) is 3.93. The largest absolute Gasteiger partial charge is 0.375 e. The van der Waals surface area contributed by atoms with Gasteiger partial charge in [0.15, 0.2) is 5.13 Å². The van der Waals surface area contributed by atoms with Crippen molar-refractivity contribution in [2.45, 2.75) is 55.8 Å². The highest BCUT2D eigenvalue weighted by Crippen LogP contribution is 2.45. The van der Waals surface area contributed by atoms with E-state index in [1.54, 1.807) is 4.31 Å². The molecule has 142 valence electrons. The van der Waals surface area contributed by atoms with Crippen LogP contribution in [0.5, 0.6) is 0 Å². The molecule has 0 bridgehead atoms. The van der Waals surface area contributed by atoms with Gasteiger partial charge in [0, 0.05) is 19.0 Å². The fraction of sp³-hybridized carbons (Fsp3) is 0.765. The predicted molar refractivity (Wildman–Crippen MR) is 97.6 cm³/mol. The van der Waals surface area contributed by atoms with Gasteiger partial charge >= 0.3 is 0 Å². The van der Waals surface area contributed by atoms with Crippen molar-refractivity contribution in [1.82, 2.24) is 9.29 Å². The molecule has 0 aromatic carbocycles. The zero-order valence-electron chi connectivity index (χ0n) is 14.6. The average Bonchev–Trinajstić information content (AvgIpc) is 3.20. The van der Waals surface area contributed by atoms with E-state index in [4.69, 9.17) is 9.72 Å². The smallest absolute Gasteiger partial charge is 0.229 e. The third-order valence-corrected chi connectivity index (χ3v) is 9.43. The summed E-state index contributed by atoms with van der Waals surface area (Å²) < 4.78 is 32.7. The van der Waals surface area contributed by atoms with Crippen LogP contribution in [0.3, 0.4) is 0 Å². The summed E-state index contributed by atoms with van der Waals surface area (Å²) in [5.41, 5.74) is 0.567. The van der Waals surface area contributed by atoms with Crippen LogP contribution in [0, 0.1) is 5.92 Å². The molecular weight excluding hydrogens is 374 g/mol. The lowest BCUT2D eigenvalue weighted by atomic mass is 9.82. The van der Waals surface area contributed by atoms with Gasteiger partial charge in [-0.05, 0) is 32.1 Å². The number of hydrogen-bond acceptors (Lipinski definition) is 6. The van der Waals surface area contributed by atoms with E-state index in [0.29, 0.717) is 31.4 Å². The van der Waals surface area contributed by atoms with Gasteiger partial charge < -0.3 is 10.1 Å². The molecule has 26 heavy (non-hydrogen) atoms. The van der Waals surface area contributed by atoms with Crippen molar-refractivity contribution in [3.05, 3.63) is 10.6 Å². The third kappa shape index (κ3) is 2.71. The van der Waals surface area contributed by atoms with Crippen molar-refractivity contribution < 1.29 is 17.9 Å². The molecule has 2 aliphatic heterocycles. The van der Waals surface area contributed by atoms with E-state index < -0.39 is 10.0 Å². The molecule has 1 N–H and O–H groups in total. The second-order valence-electron chi connectivity index (χ2n) is 8.01. The minimum atomic E-state index is -3.18. The molecule has 4 aliphatic rings. The van der Waals surface area contributed by atoms with Gasteiger partial charge in [-0.1, -0.05) is 17.8 Å². The van der Waals surface area contributed by atoms with Crippen molar-refractivity contribution in [3.8, 4) is 0 Å². The highest BCUT2D eigenvalue weighted by atomic mass is 32.2. The molecule has 1 atom stereocenters. The Morgan fingerprint density at radius 3 is 2.81 bits per heavy atom. The van der Waals surface area contributed by atoms with Gasteiger partial charge in [-0.15, -0.1) is 0 Å². The number of sulfonamides is 1. The van der Waals surface area contributed by atoms with E-state index in [1.807, 2.05) is 0 Å². The number of carbonyl (C=O) groups excluding carboxylic acids is 1. The van der Waals surface area contributed by atoms with E-state index in [-0.39, 0.29) is 22.5 Å². The number of rotatable bonds is 4. The predicted octanol–water partition coefficient (Wildman–Crippen LogP) is 1.85. The summed E-state index contributed by atoms with van der Waals surface area (Å²) in [6.07, 6.45) is 5.32. The van der Waals surface area contributed by atoms with E-state index in [0.717, 1.165) is 49.1 Å². The van der Waals surface area contributed by atoms with Crippen LogP contribution < -0.4 is 5.32 Å². The number of fused-ring (bicyclic) bond motifs is 2. The molecule has 1 spiro atoms. The summed E-state index contributed by atoms with van der Waals surface area (Å²) in [4.78, 5) is 18.0. The van der Waals surface area contributed by atoms with Crippen LogP contribution in [-0.2, 0) is 31.6 Å². The lowest BCUT2D eigenvalue weighted by Gasteiger charge is -2.32. The summed E-state index contributed by atoms with van der Waals surface area (Å²) in [5.74, 6) is 0.175. The first-order valence-electron chi connectivity index (χ1n) is 9.36. The normalized spacial score (nSPS) is 29.5. The molecule has 5 rings (SSSR count). The number of anilines is 1. The highest BCUT2D eigenvalue weighted by Gasteiger charge is 2.51. The molecule has 7 nitrogen and oxygen atoms in total. The first kappa shape index (κ1) is 17.1. The van der Waals surface area contributed by atoms with Crippen LogP contribution in [0.2, 0.25) is 0 Å². The molecular formula is C17H23N3O4S2. The quantitative estimate of drug-likeness (QED) is 0.838. The fourth-order valence-corrected chi connectivity index (χ4v) is 7.09. The lowest BCUT2D eigenvalue weighted by molar-refractivity contribution is -0.122. The molecule has 2 aliphatic carbocycles. The second-order valence-corrected chi connectivity index (χ2v) is 11.3. The Balaban J connectivity index is 1.38. The van der Waals surface area contributed by atoms with Gasteiger partial charge in [0.25, 0.3) is 0 Å². The van der Waals surface area contributed by atoms with Crippen LogP contribution >= 0.6 is 11.3 Å². The summed E-state index contributed by atoms with van der Waals surface area (Å²) in [6, 6.07) is 0. The van der Waals surface area contributed by atoms with Gasteiger partial charge in [0.1, 0.15) is 0 Å². The summed E-state index contributed by atoms with van der Waals surface area (Å²) in [6.45, 7) is 1.96. The van der Waals surface area contributed by atoms with Crippen molar-refractivity contribution in [1.29, 1.82) is 0 Å². The Hall–Kier alpha value is -1.03. The molecule has 2 saturated carbocycles. The second kappa shape index (κ2) is 5.98. The molecule has 3 fully saturated rings. The first-order chi connectivity index (χ1) is 12.5. The first-order valence-corrected chi connectivity index (χ1v) is 11.7. The summed E-state index contributed by atoms with van der Waals surface area (Å²) in [7, 11) is -3.18. The average molecular weight is 398 g/mol. The maximum absolute atomic E-state index is 12.6. The van der Waals surface area contributed by atoms with Crippen molar-refractivity contribution in [2.75, 3.05) is 25.0 Å². The zero-order chi connectivity index (χ0) is 17.9. The molecule has 1 amide bonds. The lowest BCUT2D eigenvalue weighted by Crippen LogP contribution is -2.41. The number of hydrogen-bond donors (Lipinski definition) is 1. The fourth-order valence-electron chi connectivity index (χ4n) is 4.14. The molecule has 3 heterocycles. The van der Waals surface area contributed by atoms with Crippen LogP contribution in [0.4, 0.5) is 5.13 Å². The molecule has 1 aromatic heterocycles. The van der Waals surface area contributed by atoms with Gasteiger partial charge in [-0.3, -0.25) is 4.79 Å². The topological polar surface area (TPSA) is 88.6 Å². The van der Waals surface area contributed by atoms with Crippen molar-refractivity contribution >= 4 is 32.4 Å². The van der Waals surface area contributed by atoms with E-state index >= 15 is 0 Å². The number of ether oxygens (including phenoxy) is 1. The van der Waals surface area contributed by atoms with Crippen LogP contribution in [0.25, 0.3) is 0 Å². The number of nitrogens with one attached hydrogen (secondary N) is 1. The van der Waals surface area contributed by atoms with Crippen LogP contribution in [-0.4, -0.2) is 48.6 Å². The Bertz CT molecular complexity index is 844. The highest BCUT2D eigenvalue weighted by molar-refractivity contribution is 7.90.